The van der Waals surface area contributed by atoms with Gasteiger partial charge in [-0.15, -0.1) is 23.1 Å². The second kappa shape index (κ2) is 9.18. The lowest BCUT2D eigenvalue weighted by atomic mass is 10.0. The fraction of sp³-hybridized carbons (Fsp3) is 0.348. The fourth-order valence-corrected chi connectivity index (χ4v) is 5.37. The highest BCUT2D eigenvalue weighted by Crippen LogP contribution is 2.33. The molecule has 0 aliphatic carbocycles. The zero-order valence-electron chi connectivity index (χ0n) is 18.1. The summed E-state index contributed by atoms with van der Waals surface area (Å²) in [4.78, 5) is 30.3. The number of hydrogen-bond donors (Lipinski definition) is 1. The number of aryl methyl sites for hydroxylation is 4. The zero-order valence-corrected chi connectivity index (χ0v) is 19.8. The standard InChI is InChI=1S/C23H26N2O3S2/c1-12-9-14(3)21-17(10-12)13(2)11-19(25-21)29-8-7-18(26)24-22-20(23(27)28-6)15(4)16(5)30-22/h9-11H,7-8H2,1-6H3,(H,24,26). The Balaban J connectivity index is 1.67. The molecule has 3 aromatic rings. The molecule has 0 unspecified atom stereocenters. The van der Waals surface area contributed by atoms with Crippen LogP contribution in [0.3, 0.4) is 0 Å². The number of carbonyl (C=O) groups is 2. The van der Waals surface area contributed by atoms with Gasteiger partial charge in [-0.25, -0.2) is 9.78 Å². The number of nitrogens with one attached hydrogen (secondary N) is 1. The summed E-state index contributed by atoms with van der Waals surface area (Å²) in [5, 5.41) is 5.52. The lowest BCUT2D eigenvalue weighted by Gasteiger charge is -2.10. The Morgan fingerprint density at radius 2 is 1.83 bits per heavy atom. The first-order valence-electron chi connectivity index (χ1n) is 9.70. The van der Waals surface area contributed by atoms with Crippen molar-refractivity contribution in [3.8, 4) is 0 Å². The number of pyridine rings is 1. The Labute approximate surface area is 185 Å². The summed E-state index contributed by atoms with van der Waals surface area (Å²) in [5.41, 5.74) is 5.88. The van der Waals surface area contributed by atoms with Crippen molar-refractivity contribution in [1.82, 2.24) is 4.98 Å². The fourth-order valence-electron chi connectivity index (χ4n) is 3.39. The van der Waals surface area contributed by atoms with Gasteiger partial charge in [-0.05, 0) is 63.4 Å². The van der Waals surface area contributed by atoms with Crippen LogP contribution in [0.5, 0.6) is 0 Å². The van der Waals surface area contributed by atoms with E-state index >= 15 is 0 Å². The number of anilines is 1. The molecule has 2 aromatic heterocycles. The van der Waals surface area contributed by atoms with Crippen LogP contribution >= 0.6 is 23.1 Å². The van der Waals surface area contributed by atoms with Crippen LogP contribution in [-0.4, -0.2) is 29.7 Å². The monoisotopic (exact) mass is 442 g/mol. The van der Waals surface area contributed by atoms with E-state index in [1.807, 2.05) is 13.8 Å². The molecule has 2 heterocycles. The molecule has 1 amide bonds. The van der Waals surface area contributed by atoms with Gasteiger partial charge in [0.15, 0.2) is 0 Å². The van der Waals surface area contributed by atoms with E-state index in [0.717, 1.165) is 26.5 Å². The quantitative estimate of drug-likeness (QED) is 0.389. The summed E-state index contributed by atoms with van der Waals surface area (Å²) >= 11 is 2.96. The molecule has 158 valence electrons. The number of thiophene rings is 1. The highest BCUT2D eigenvalue weighted by Gasteiger charge is 2.21. The zero-order chi connectivity index (χ0) is 22.0. The molecule has 5 nitrogen and oxygen atoms in total. The predicted octanol–water partition coefficient (Wildman–Crippen LogP) is 5.75. The first-order valence-corrected chi connectivity index (χ1v) is 11.5. The Bertz CT molecular complexity index is 1140. The predicted molar refractivity (Wildman–Crippen MR) is 125 cm³/mol. The number of thioether (sulfide) groups is 1. The molecule has 0 saturated carbocycles. The maximum atomic E-state index is 12.5. The minimum atomic E-state index is -0.428. The number of methoxy groups -OCH3 is 1. The lowest BCUT2D eigenvalue weighted by Crippen LogP contribution is -2.14. The topological polar surface area (TPSA) is 68.3 Å². The average Bonchev–Trinajstić information content (AvgIpc) is 2.95. The summed E-state index contributed by atoms with van der Waals surface area (Å²) in [5.74, 6) is 0.0483. The van der Waals surface area contributed by atoms with Crippen molar-refractivity contribution in [2.75, 3.05) is 18.2 Å². The smallest absolute Gasteiger partial charge is 0.341 e. The first-order chi connectivity index (χ1) is 14.2. The van der Waals surface area contributed by atoms with Gasteiger partial charge in [-0.2, -0.15) is 0 Å². The van der Waals surface area contributed by atoms with Crippen molar-refractivity contribution in [3.05, 3.63) is 50.9 Å². The van der Waals surface area contributed by atoms with Gasteiger partial charge in [0.2, 0.25) is 5.91 Å². The summed E-state index contributed by atoms with van der Waals surface area (Å²) in [7, 11) is 1.35. The van der Waals surface area contributed by atoms with Crippen LogP contribution in [0.15, 0.2) is 23.2 Å². The van der Waals surface area contributed by atoms with E-state index in [9.17, 15) is 9.59 Å². The molecule has 0 atom stereocenters. The Kier molecular flexibility index (Phi) is 6.83. The summed E-state index contributed by atoms with van der Waals surface area (Å²) in [6.45, 7) is 10.0. The van der Waals surface area contributed by atoms with Crippen molar-refractivity contribution in [1.29, 1.82) is 0 Å². The number of esters is 1. The Morgan fingerprint density at radius 1 is 1.10 bits per heavy atom. The number of fused-ring (bicyclic) bond motifs is 1. The molecule has 0 spiro atoms. The second-order valence-electron chi connectivity index (χ2n) is 7.38. The molecular weight excluding hydrogens is 416 g/mol. The van der Waals surface area contributed by atoms with E-state index in [0.29, 0.717) is 22.7 Å². The van der Waals surface area contributed by atoms with Crippen molar-refractivity contribution < 1.29 is 14.3 Å². The molecule has 3 rings (SSSR count). The number of aromatic nitrogens is 1. The van der Waals surface area contributed by atoms with E-state index in [1.165, 1.54) is 35.0 Å². The number of ether oxygens (including phenoxy) is 1. The largest absolute Gasteiger partial charge is 0.465 e. The third kappa shape index (κ3) is 4.68. The molecule has 0 radical (unpaired) electrons. The van der Waals surface area contributed by atoms with Gasteiger partial charge in [0.1, 0.15) is 5.00 Å². The van der Waals surface area contributed by atoms with Gasteiger partial charge < -0.3 is 10.1 Å². The van der Waals surface area contributed by atoms with Crippen LogP contribution in [0.2, 0.25) is 0 Å². The third-order valence-corrected chi connectivity index (χ3v) is 7.07. The van der Waals surface area contributed by atoms with Crippen molar-refractivity contribution >= 4 is 50.9 Å². The molecule has 1 N–H and O–H groups in total. The number of benzene rings is 1. The van der Waals surface area contributed by atoms with Gasteiger partial charge >= 0.3 is 5.97 Å². The molecule has 0 saturated heterocycles. The van der Waals surface area contributed by atoms with Gasteiger partial charge in [-0.1, -0.05) is 11.6 Å². The van der Waals surface area contributed by atoms with Gasteiger partial charge in [0.05, 0.1) is 23.2 Å². The Morgan fingerprint density at radius 3 is 2.53 bits per heavy atom. The average molecular weight is 443 g/mol. The van der Waals surface area contributed by atoms with Crippen LogP contribution in [0.1, 0.15) is 43.9 Å². The van der Waals surface area contributed by atoms with Crippen LogP contribution in [0.25, 0.3) is 10.9 Å². The molecule has 0 fully saturated rings. The van der Waals surface area contributed by atoms with Gasteiger partial charge in [0.25, 0.3) is 0 Å². The first kappa shape index (κ1) is 22.3. The van der Waals surface area contributed by atoms with E-state index in [2.05, 4.69) is 44.3 Å². The normalized spacial score (nSPS) is 11.0. The van der Waals surface area contributed by atoms with Gasteiger partial charge in [-0.3, -0.25) is 4.79 Å². The SMILES string of the molecule is COC(=O)c1c(NC(=O)CCSc2cc(C)c3cc(C)cc(C)c3n2)sc(C)c1C. The minimum Gasteiger partial charge on any atom is -0.465 e. The summed E-state index contributed by atoms with van der Waals surface area (Å²) < 4.78 is 4.86. The van der Waals surface area contributed by atoms with Crippen LogP contribution in [0, 0.1) is 34.6 Å². The molecule has 0 aliphatic rings. The number of amides is 1. The minimum absolute atomic E-state index is 0.127. The van der Waals surface area contributed by atoms with E-state index in [1.54, 1.807) is 11.8 Å². The lowest BCUT2D eigenvalue weighted by molar-refractivity contribution is -0.115. The summed E-state index contributed by atoms with van der Waals surface area (Å²) in [6.07, 6.45) is 0.326. The molecule has 1 aromatic carbocycles. The molecule has 0 aliphatic heterocycles. The Hall–Kier alpha value is -2.38. The molecule has 30 heavy (non-hydrogen) atoms. The third-order valence-electron chi connectivity index (χ3n) is 5.04. The highest BCUT2D eigenvalue weighted by molar-refractivity contribution is 7.99. The number of nitrogens with zero attached hydrogens (tertiary/aromatic N) is 1. The van der Waals surface area contributed by atoms with E-state index in [-0.39, 0.29) is 5.91 Å². The second-order valence-corrected chi connectivity index (χ2v) is 9.72. The van der Waals surface area contributed by atoms with Crippen LogP contribution in [0.4, 0.5) is 5.00 Å². The van der Waals surface area contributed by atoms with Crippen molar-refractivity contribution in [3.63, 3.8) is 0 Å². The van der Waals surface area contributed by atoms with Gasteiger partial charge in [0, 0.05) is 22.4 Å². The van der Waals surface area contributed by atoms with Crippen molar-refractivity contribution in [2.45, 2.75) is 46.1 Å². The van der Waals surface area contributed by atoms with E-state index in [4.69, 9.17) is 9.72 Å². The number of carbonyl (C=O) groups excluding carboxylic acids is 2. The molecule has 7 heteroatoms. The molecular formula is C23H26N2O3S2. The van der Waals surface area contributed by atoms with Crippen molar-refractivity contribution in [2.24, 2.45) is 0 Å². The van der Waals surface area contributed by atoms with Crippen LogP contribution in [-0.2, 0) is 9.53 Å². The number of hydrogen-bond acceptors (Lipinski definition) is 6. The molecule has 0 bridgehead atoms. The summed E-state index contributed by atoms with van der Waals surface area (Å²) in [6, 6.07) is 6.38. The maximum Gasteiger partial charge on any atom is 0.341 e. The maximum absolute atomic E-state index is 12.5. The van der Waals surface area contributed by atoms with Crippen LogP contribution < -0.4 is 5.32 Å². The van der Waals surface area contributed by atoms with E-state index < -0.39 is 5.97 Å². The highest BCUT2D eigenvalue weighted by atomic mass is 32.2. The number of rotatable bonds is 6.